The average molecular weight is 399 g/mol. The predicted molar refractivity (Wildman–Crippen MR) is 116 cm³/mol. The summed E-state index contributed by atoms with van der Waals surface area (Å²) in [5.74, 6) is 1.15. The van der Waals surface area contributed by atoms with Gasteiger partial charge in [0.2, 0.25) is 11.8 Å². The molecule has 0 aliphatic rings. The van der Waals surface area contributed by atoms with Crippen LogP contribution in [-0.4, -0.2) is 24.0 Å². The third-order valence-electron chi connectivity index (χ3n) is 3.79. The van der Waals surface area contributed by atoms with E-state index < -0.39 is 0 Å². The number of nitrogens with one attached hydrogen (secondary N) is 2. The number of amides is 2. The summed E-state index contributed by atoms with van der Waals surface area (Å²) in [4.78, 5) is 24.3. The molecular formula is C23H30N2O4. The summed E-state index contributed by atoms with van der Waals surface area (Å²) in [7, 11) is 0. The minimum Gasteiger partial charge on any atom is -0.491 e. The van der Waals surface area contributed by atoms with Crippen molar-refractivity contribution >= 4 is 23.2 Å². The topological polar surface area (TPSA) is 76.7 Å². The van der Waals surface area contributed by atoms with Crippen molar-refractivity contribution in [3.8, 4) is 11.5 Å². The fourth-order valence-electron chi connectivity index (χ4n) is 2.70. The van der Waals surface area contributed by atoms with Gasteiger partial charge in [0, 0.05) is 36.3 Å². The zero-order valence-corrected chi connectivity index (χ0v) is 17.5. The molecule has 156 valence electrons. The van der Waals surface area contributed by atoms with Crippen molar-refractivity contribution in [2.24, 2.45) is 0 Å². The first-order valence-electron chi connectivity index (χ1n) is 9.95. The second kappa shape index (κ2) is 11.1. The Labute approximate surface area is 172 Å². The van der Waals surface area contributed by atoms with E-state index in [-0.39, 0.29) is 36.9 Å². The van der Waals surface area contributed by atoms with Gasteiger partial charge < -0.3 is 20.1 Å². The minimum atomic E-state index is -0.133. The molecule has 0 fully saturated rings. The molecule has 2 aromatic carbocycles. The van der Waals surface area contributed by atoms with Crippen LogP contribution < -0.4 is 20.1 Å². The Morgan fingerprint density at radius 1 is 0.759 bits per heavy atom. The van der Waals surface area contributed by atoms with Gasteiger partial charge >= 0.3 is 0 Å². The highest BCUT2D eigenvalue weighted by Gasteiger charge is 2.08. The van der Waals surface area contributed by atoms with Gasteiger partial charge in [-0.2, -0.15) is 0 Å². The third-order valence-corrected chi connectivity index (χ3v) is 3.79. The Hall–Kier alpha value is -3.02. The average Bonchev–Trinajstić information content (AvgIpc) is 2.61. The maximum absolute atomic E-state index is 12.1. The lowest BCUT2D eigenvalue weighted by atomic mass is 10.2. The van der Waals surface area contributed by atoms with E-state index in [1.54, 1.807) is 12.1 Å². The van der Waals surface area contributed by atoms with E-state index in [1.807, 2.05) is 64.1 Å². The lowest BCUT2D eigenvalue weighted by Gasteiger charge is -2.12. The number of carbonyl (C=O) groups excluding carboxylic acids is 2. The first kappa shape index (κ1) is 22.3. The van der Waals surface area contributed by atoms with Crippen molar-refractivity contribution in [1.82, 2.24) is 0 Å². The quantitative estimate of drug-likeness (QED) is 0.590. The Morgan fingerprint density at radius 2 is 1.17 bits per heavy atom. The number of benzene rings is 2. The molecule has 2 rings (SSSR count). The smallest absolute Gasteiger partial charge is 0.224 e. The fourth-order valence-corrected chi connectivity index (χ4v) is 2.70. The number of carbonyl (C=O) groups is 2. The summed E-state index contributed by atoms with van der Waals surface area (Å²) >= 11 is 0. The van der Waals surface area contributed by atoms with Gasteiger partial charge in [-0.15, -0.1) is 0 Å². The molecule has 0 atom stereocenters. The molecule has 0 aromatic heterocycles. The maximum atomic E-state index is 12.1. The Balaban J connectivity index is 1.75. The van der Waals surface area contributed by atoms with Crippen LogP contribution in [0.5, 0.6) is 11.5 Å². The van der Waals surface area contributed by atoms with Gasteiger partial charge in [0.05, 0.1) is 12.2 Å². The van der Waals surface area contributed by atoms with Gasteiger partial charge in [-0.25, -0.2) is 0 Å². The largest absolute Gasteiger partial charge is 0.491 e. The van der Waals surface area contributed by atoms with E-state index in [2.05, 4.69) is 10.6 Å². The molecular weight excluding hydrogens is 368 g/mol. The summed E-state index contributed by atoms with van der Waals surface area (Å²) in [5.41, 5.74) is 1.36. The van der Waals surface area contributed by atoms with Crippen LogP contribution in [0.25, 0.3) is 0 Å². The number of rotatable bonds is 10. The maximum Gasteiger partial charge on any atom is 0.224 e. The van der Waals surface area contributed by atoms with Crippen molar-refractivity contribution in [2.45, 2.75) is 59.2 Å². The van der Waals surface area contributed by atoms with E-state index in [1.165, 1.54) is 0 Å². The van der Waals surface area contributed by atoms with Crippen LogP contribution in [0.1, 0.15) is 47.0 Å². The van der Waals surface area contributed by atoms with Gasteiger partial charge in [0.15, 0.2) is 0 Å². The zero-order chi connectivity index (χ0) is 21.2. The molecule has 2 N–H and O–H groups in total. The summed E-state index contributed by atoms with van der Waals surface area (Å²) in [5, 5.41) is 5.67. The highest BCUT2D eigenvalue weighted by atomic mass is 16.5. The van der Waals surface area contributed by atoms with Crippen LogP contribution >= 0.6 is 0 Å². The molecule has 0 unspecified atom stereocenters. The molecule has 0 heterocycles. The molecule has 6 heteroatoms. The molecule has 2 amide bonds. The molecule has 0 aliphatic heterocycles. The van der Waals surface area contributed by atoms with Crippen LogP contribution in [0.2, 0.25) is 0 Å². The van der Waals surface area contributed by atoms with E-state index in [0.717, 1.165) is 0 Å². The van der Waals surface area contributed by atoms with Gasteiger partial charge in [0.1, 0.15) is 11.5 Å². The third kappa shape index (κ3) is 8.68. The number of anilines is 2. The second-order valence-corrected chi connectivity index (χ2v) is 7.34. The molecule has 6 nitrogen and oxygen atoms in total. The normalized spacial score (nSPS) is 10.7. The molecule has 2 aromatic rings. The SMILES string of the molecule is CC(C)Oc1cccc(NC(=O)CCCC(=O)Nc2cccc(OC(C)C)c2)c1. The Bertz CT molecular complexity index is 751. The van der Waals surface area contributed by atoms with Crippen LogP contribution in [0, 0.1) is 0 Å². The monoisotopic (exact) mass is 398 g/mol. The highest BCUT2D eigenvalue weighted by molar-refractivity contribution is 5.93. The molecule has 0 spiro atoms. The van der Waals surface area contributed by atoms with E-state index in [4.69, 9.17) is 9.47 Å². The molecule has 0 bridgehead atoms. The lowest BCUT2D eigenvalue weighted by molar-refractivity contribution is -0.117. The Morgan fingerprint density at radius 3 is 1.55 bits per heavy atom. The second-order valence-electron chi connectivity index (χ2n) is 7.34. The summed E-state index contributed by atoms with van der Waals surface area (Å²) in [6.45, 7) is 7.79. The number of hydrogen-bond acceptors (Lipinski definition) is 4. The lowest BCUT2D eigenvalue weighted by Crippen LogP contribution is -2.15. The van der Waals surface area contributed by atoms with Gasteiger partial charge in [-0.05, 0) is 58.4 Å². The van der Waals surface area contributed by atoms with Crippen LogP contribution in [0.15, 0.2) is 48.5 Å². The molecule has 0 radical (unpaired) electrons. The van der Waals surface area contributed by atoms with Gasteiger partial charge in [-0.3, -0.25) is 9.59 Å². The van der Waals surface area contributed by atoms with E-state index in [0.29, 0.717) is 29.3 Å². The van der Waals surface area contributed by atoms with E-state index in [9.17, 15) is 9.59 Å². The fraction of sp³-hybridized carbons (Fsp3) is 0.391. The van der Waals surface area contributed by atoms with Crippen LogP contribution in [0.3, 0.4) is 0 Å². The first-order chi connectivity index (χ1) is 13.8. The van der Waals surface area contributed by atoms with Crippen LogP contribution in [0.4, 0.5) is 11.4 Å². The zero-order valence-electron chi connectivity index (χ0n) is 17.5. The minimum absolute atomic E-state index is 0.0668. The molecule has 0 saturated heterocycles. The highest BCUT2D eigenvalue weighted by Crippen LogP contribution is 2.20. The molecule has 0 saturated carbocycles. The van der Waals surface area contributed by atoms with Crippen molar-refractivity contribution in [3.05, 3.63) is 48.5 Å². The van der Waals surface area contributed by atoms with Crippen molar-refractivity contribution in [1.29, 1.82) is 0 Å². The molecule has 0 aliphatic carbocycles. The summed E-state index contributed by atoms with van der Waals surface area (Å²) < 4.78 is 11.2. The summed E-state index contributed by atoms with van der Waals surface area (Å²) in [6, 6.07) is 14.6. The number of ether oxygens (including phenoxy) is 2. The van der Waals surface area contributed by atoms with Crippen molar-refractivity contribution in [3.63, 3.8) is 0 Å². The van der Waals surface area contributed by atoms with Gasteiger partial charge in [0.25, 0.3) is 0 Å². The molecule has 29 heavy (non-hydrogen) atoms. The van der Waals surface area contributed by atoms with E-state index >= 15 is 0 Å². The van der Waals surface area contributed by atoms with Crippen molar-refractivity contribution < 1.29 is 19.1 Å². The van der Waals surface area contributed by atoms with Crippen molar-refractivity contribution in [2.75, 3.05) is 10.6 Å². The first-order valence-corrected chi connectivity index (χ1v) is 9.95. The summed E-state index contributed by atoms with van der Waals surface area (Å²) in [6.07, 6.45) is 1.12. The van der Waals surface area contributed by atoms with Crippen LogP contribution in [-0.2, 0) is 9.59 Å². The number of hydrogen-bond donors (Lipinski definition) is 2. The van der Waals surface area contributed by atoms with Gasteiger partial charge in [-0.1, -0.05) is 12.1 Å². The standard InChI is InChI=1S/C23H30N2O4/c1-16(2)28-20-10-5-8-18(14-20)24-22(26)12-7-13-23(27)25-19-9-6-11-21(15-19)29-17(3)4/h5-6,8-11,14-17H,7,12-13H2,1-4H3,(H,24,26)(H,25,27). The predicted octanol–water partition coefficient (Wildman–Crippen LogP) is 5.01. The Kier molecular flexibility index (Phi) is 8.52.